The summed E-state index contributed by atoms with van der Waals surface area (Å²) in [6, 6.07) is 4.33. The maximum Gasteiger partial charge on any atom is 0.339 e. The third-order valence-corrected chi connectivity index (χ3v) is 4.59. The molecule has 0 radical (unpaired) electrons. The Bertz CT molecular complexity index is 472. The van der Waals surface area contributed by atoms with E-state index in [2.05, 4.69) is 35.5 Å². The zero-order valence-electron chi connectivity index (χ0n) is 13.6. The van der Waals surface area contributed by atoms with Crippen LogP contribution >= 0.6 is 0 Å². The molecule has 1 aromatic heterocycles. The lowest BCUT2D eigenvalue weighted by Gasteiger charge is -2.38. The zero-order valence-corrected chi connectivity index (χ0v) is 13.6. The standard InChI is InChI=1S/C17H26N2O2/c1-17(2)9-7-15(8-10-17)19(3)12-14-6-5-13(11-18-14)16(20)21-4/h5-6,11,15H,7-10,12H2,1-4H3. The van der Waals surface area contributed by atoms with Gasteiger partial charge in [0.05, 0.1) is 18.4 Å². The van der Waals surface area contributed by atoms with Crippen LogP contribution in [0.4, 0.5) is 0 Å². The Morgan fingerprint density at radius 1 is 1.38 bits per heavy atom. The molecule has 0 saturated heterocycles. The third kappa shape index (κ3) is 4.27. The van der Waals surface area contributed by atoms with Crippen molar-refractivity contribution in [1.82, 2.24) is 9.88 Å². The highest BCUT2D eigenvalue weighted by Crippen LogP contribution is 2.36. The molecule has 1 aliphatic rings. The lowest BCUT2D eigenvalue weighted by atomic mass is 9.75. The number of nitrogens with zero attached hydrogens (tertiary/aromatic N) is 2. The number of methoxy groups -OCH3 is 1. The van der Waals surface area contributed by atoms with E-state index in [0.717, 1.165) is 12.2 Å². The van der Waals surface area contributed by atoms with Gasteiger partial charge in [-0.05, 0) is 50.3 Å². The van der Waals surface area contributed by atoms with E-state index in [1.807, 2.05) is 6.07 Å². The summed E-state index contributed by atoms with van der Waals surface area (Å²) >= 11 is 0. The Balaban J connectivity index is 1.91. The van der Waals surface area contributed by atoms with Gasteiger partial charge in [0.25, 0.3) is 0 Å². The van der Waals surface area contributed by atoms with E-state index in [0.29, 0.717) is 17.0 Å². The molecular formula is C17H26N2O2. The molecule has 1 fully saturated rings. The Morgan fingerprint density at radius 3 is 2.57 bits per heavy atom. The number of ether oxygens (including phenoxy) is 1. The Labute approximate surface area is 127 Å². The largest absolute Gasteiger partial charge is 0.465 e. The number of esters is 1. The normalized spacial score (nSPS) is 18.7. The molecule has 1 aliphatic carbocycles. The average molecular weight is 290 g/mol. The highest BCUT2D eigenvalue weighted by Gasteiger charge is 2.28. The highest BCUT2D eigenvalue weighted by atomic mass is 16.5. The summed E-state index contributed by atoms with van der Waals surface area (Å²) in [6.07, 6.45) is 6.68. The molecule has 2 rings (SSSR count). The van der Waals surface area contributed by atoms with E-state index in [9.17, 15) is 4.79 Å². The summed E-state index contributed by atoms with van der Waals surface area (Å²) in [6.45, 7) is 5.54. The Kier molecular flexibility index (Phi) is 4.99. The second kappa shape index (κ2) is 6.56. The minimum Gasteiger partial charge on any atom is -0.465 e. The molecule has 1 heterocycles. The molecule has 1 aromatic rings. The van der Waals surface area contributed by atoms with Crippen molar-refractivity contribution in [2.75, 3.05) is 14.2 Å². The van der Waals surface area contributed by atoms with Gasteiger partial charge in [-0.3, -0.25) is 9.88 Å². The van der Waals surface area contributed by atoms with Crippen LogP contribution < -0.4 is 0 Å². The molecule has 1 saturated carbocycles. The second-order valence-electron chi connectivity index (χ2n) is 6.84. The minimum absolute atomic E-state index is 0.336. The van der Waals surface area contributed by atoms with Crippen molar-refractivity contribution in [3.8, 4) is 0 Å². The van der Waals surface area contributed by atoms with Crippen molar-refractivity contribution in [2.24, 2.45) is 5.41 Å². The monoisotopic (exact) mass is 290 g/mol. The molecule has 0 unspecified atom stereocenters. The number of aromatic nitrogens is 1. The van der Waals surface area contributed by atoms with Crippen LogP contribution in [0.3, 0.4) is 0 Å². The van der Waals surface area contributed by atoms with Gasteiger partial charge >= 0.3 is 5.97 Å². The first-order valence-electron chi connectivity index (χ1n) is 7.65. The summed E-state index contributed by atoms with van der Waals surface area (Å²) < 4.78 is 4.68. The number of hydrogen-bond acceptors (Lipinski definition) is 4. The van der Waals surface area contributed by atoms with Crippen molar-refractivity contribution in [3.05, 3.63) is 29.6 Å². The average Bonchev–Trinajstić information content (AvgIpc) is 2.47. The molecule has 0 spiro atoms. The molecule has 0 aromatic carbocycles. The van der Waals surface area contributed by atoms with Gasteiger partial charge in [0.15, 0.2) is 0 Å². The fourth-order valence-electron chi connectivity index (χ4n) is 2.97. The van der Waals surface area contributed by atoms with Gasteiger partial charge in [-0.2, -0.15) is 0 Å². The van der Waals surface area contributed by atoms with Crippen molar-refractivity contribution in [3.63, 3.8) is 0 Å². The van der Waals surface area contributed by atoms with Crippen molar-refractivity contribution in [1.29, 1.82) is 0 Å². The summed E-state index contributed by atoms with van der Waals surface area (Å²) in [4.78, 5) is 18.1. The molecule has 4 nitrogen and oxygen atoms in total. The first kappa shape index (κ1) is 16.0. The van der Waals surface area contributed by atoms with Crippen LogP contribution in [0.25, 0.3) is 0 Å². The Hall–Kier alpha value is -1.42. The van der Waals surface area contributed by atoms with Crippen LogP contribution in [-0.2, 0) is 11.3 Å². The third-order valence-electron chi connectivity index (χ3n) is 4.59. The van der Waals surface area contributed by atoms with Crippen LogP contribution in [0.5, 0.6) is 0 Å². The number of carbonyl (C=O) groups excluding carboxylic acids is 1. The summed E-state index contributed by atoms with van der Waals surface area (Å²) in [5.41, 5.74) is 2.00. The smallest absolute Gasteiger partial charge is 0.339 e. The van der Waals surface area contributed by atoms with Crippen LogP contribution in [-0.4, -0.2) is 36.1 Å². The highest BCUT2D eigenvalue weighted by molar-refractivity contribution is 5.88. The van der Waals surface area contributed by atoms with Crippen LogP contribution in [0.1, 0.15) is 55.6 Å². The van der Waals surface area contributed by atoms with E-state index in [-0.39, 0.29) is 5.97 Å². The van der Waals surface area contributed by atoms with Crippen LogP contribution in [0.2, 0.25) is 0 Å². The van der Waals surface area contributed by atoms with Gasteiger partial charge in [-0.25, -0.2) is 4.79 Å². The maximum absolute atomic E-state index is 11.4. The molecule has 21 heavy (non-hydrogen) atoms. The SMILES string of the molecule is COC(=O)c1ccc(CN(C)C2CCC(C)(C)CC2)nc1. The van der Waals surface area contributed by atoms with Crippen molar-refractivity contribution >= 4 is 5.97 Å². The second-order valence-corrected chi connectivity index (χ2v) is 6.84. The molecule has 0 N–H and O–H groups in total. The van der Waals surface area contributed by atoms with Gasteiger partial charge in [0.2, 0.25) is 0 Å². The quantitative estimate of drug-likeness (QED) is 0.798. The number of hydrogen-bond donors (Lipinski definition) is 0. The van der Waals surface area contributed by atoms with Gasteiger partial charge in [-0.1, -0.05) is 13.8 Å². The topological polar surface area (TPSA) is 42.4 Å². The van der Waals surface area contributed by atoms with Crippen molar-refractivity contribution in [2.45, 2.75) is 52.1 Å². The lowest BCUT2D eigenvalue weighted by molar-refractivity contribution is 0.0600. The molecule has 116 valence electrons. The molecular weight excluding hydrogens is 264 g/mol. The van der Waals surface area contributed by atoms with E-state index in [1.165, 1.54) is 32.8 Å². The van der Waals surface area contributed by atoms with Gasteiger partial charge in [0, 0.05) is 18.8 Å². The number of pyridine rings is 1. The van der Waals surface area contributed by atoms with Gasteiger partial charge in [-0.15, -0.1) is 0 Å². The van der Waals surface area contributed by atoms with E-state index >= 15 is 0 Å². The van der Waals surface area contributed by atoms with Crippen LogP contribution in [0.15, 0.2) is 18.3 Å². The molecule has 0 atom stereocenters. The predicted octanol–water partition coefficient (Wildman–Crippen LogP) is 3.27. The lowest BCUT2D eigenvalue weighted by Crippen LogP contribution is -2.36. The molecule has 0 amide bonds. The van der Waals surface area contributed by atoms with Crippen molar-refractivity contribution < 1.29 is 9.53 Å². The van der Waals surface area contributed by atoms with Crippen LogP contribution in [0, 0.1) is 5.41 Å². The number of carbonyl (C=O) groups is 1. The minimum atomic E-state index is -0.336. The maximum atomic E-state index is 11.4. The van der Waals surface area contributed by atoms with E-state index in [1.54, 1.807) is 12.3 Å². The first-order valence-corrected chi connectivity index (χ1v) is 7.65. The fourth-order valence-corrected chi connectivity index (χ4v) is 2.97. The Morgan fingerprint density at radius 2 is 2.05 bits per heavy atom. The molecule has 0 bridgehead atoms. The molecule has 0 aliphatic heterocycles. The predicted molar refractivity (Wildman–Crippen MR) is 83.1 cm³/mol. The fraction of sp³-hybridized carbons (Fsp3) is 0.647. The number of rotatable bonds is 4. The zero-order chi connectivity index (χ0) is 15.5. The van der Waals surface area contributed by atoms with E-state index < -0.39 is 0 Å². The first-order chi connectivity index (χ1) is 9.91. The molecule has 4 heteroatoms. The van der Waals surface area contributed by atoms with Gasteiger partial charge < -0.3 is 4.74 Å². The van der Waals surface area contributed by atoms with E-state index in [4.69, 9.17) is 0 Å². The van der Waals surface area contributed by atoms with Gasteiger partial charge in [0.1, 0.15) is 0 Å². The summed E-state index contributed by atoms with van der Waals surface area (Å²) in [5.74, 6) is -0.336. The summed E-state index contributed by atoms with van der Waals surface area (Å²) in [5, 5.41) is 0. The summed E-state index contributed by atoms with van der Waals surface area (Å²) in [7, 11) is 3.55.